The SMILES string of the molecule is O=C(OCl)N1CCOCC1. The van der Waals surface area contributed by atoms with Crippen molar-refractivity contribution >= 4 is 18.0 Å². The third-order valence-electron chi connectivity index (χ3n) is 1.34. The largest absolute Gasteiger partial charge is 0.428 e. The molecular formula is C5H8ClNO3. The van der Waals surface area contributed by atoms with Gasteiger partial charge >= 0.3 is 6.09 Å². The molecule has 58 valence electrons. The highest BCUT2D eigenvalue weighted by Gasteiger charge is 2.17. The van der Waals surface area contributed by atoms with E-state index in [2.05, 4.69) is 4.29 Å². The molecule has 1 fully saturated rings. The van der Waals surface area contributed by atoms with E-state index in [1.807, 2.05) is 0 Å². The van der Waals surface area contributed by atoms with E-state index in [0.717, 1.165) is 0 Å². The van der Waals surface area contributed by atoms with Crippen molar-refractivity contribution in [2.24, 2.45) is 0 Å². The molecular weight excluding hydrogens is 158 g/mol. The number of ether oxygens (including phenoxy) is 1. The van der Waals surface area contributed by atoms with Gasteiger partial charge in [0.25, 0.3) is 0 Å². The summed E-state index contributed by atoms with van der Waals surface area (Å²) in [5.74, 6) is 0. The fourth-order valence-corrected chi connectivity index (χ4v) is 0.892. The molecule has 0 unspecified atom stereocenters. The second-order valence-corrected chi connectivity index (χ2v) is 2.10. The first-order chi connectivity index (χ1) is 4.84. The van der Waals surface area contributed by atoms with Crippen LogP contribution in [0.1, 0.15) is 0 Å². The highest BCUT2D eigenvalue weighted by molar-refractivity contribution is 6.12. The lowest BCUT2D eigenvalue weighted by molar-refractivity contribution is 0.0424. The van der Waals surface area contributed by atoms with Crippen LogP contribution in [0, 0.1) is 0 Å². The van der Waals surface area contributed by atoms with Gasteiger partial charge in [-0.1, -0.05) is 0 Å². The molecule has 0 aromatic heterocycles. The Morgan fingerprint density at radius 1 is 1.50 bits per heavy atom. The number of amides is 1. The fourth-order valence-electron chi connectivity index (χ4n) is 0.795. The Balaban J connectivity index is 2.31. The Kier molecular flexibility index (Phi) is 2.77. The van der Waals surface area contributed by atoms with Crippen LogP contribution in [0.15, 0.2) is 0 Å². The zero-order valence-corrected chi connectivity index (χ0v) is 6.13. The summed E-state index contributed by atoms with van der Waals surface area (Å²) in [6.07, 6.45) is -0.495. The van der Waals surface area contributed by atoms with Crippen molar-refractivity contribution in [3.05, 3.63) is 0 Å². The van der Waals surface area contributed by atoms with Crippen LogP contribution in [0.2, 0.25) is 0 Å². The minimum atomic E-state index is -0.495. The summed E-state index contributed by atoms with van der Waals surface area (Å²) in [5.41, 5.74) is 0. The smallest absolute Gasteiger partial charge is 0.378 e. The summed E-state index contributed by atoms with van der Waals surface area (Å²) >= 11 is 4.85. The highest BCUT2D eigenvalue weighted by Crippen LogP contribution is 2.00. The van der Waals surface area contributed by atoms with E-state index in [4.69, 9.17) is 16.6 Å². The molecule has 4 nitrogen and oxygen atoms in total. The Morgan fingerprint density at radius 2 is 2.10 bits per heavy atom. The van der Waals surface area contributed by atoms with E-state index < -0.39 is 6.09 Å². The second kappa shape index (κ2) is 3.63. The number of carbonyl (C=O) groups is 1. The molecule has 0 saturated carbocycles. The topological polar surface area (TPSA) is 38.8 Å². The average Bonchev–Trinajstić information content (AvgIpc) is 2.05. The molecule has 1 heterocycles. The summed E-state index contributed by atoms with van der Waals surface area (Å²) in [4.78, 5) is 12.2. The van der Waals surface area contributed by atoms with Gasteiger partial charge in [-0.2, -0.15) is 0 Å². The van der Waals surface area contributed by atoms with Gasteiger partial charge in [-0.05, 0) is 0 Å². The Hall–Kier alpha value is -0.480. The van der Waals surface area contributed by atoms with E-state index >= 15 is 0 Å². The molecule has 1 amide bonds. The van der Waals surface area contributed by atoms with Crippen molar-refractivity contribution in [1.29, 1.82) is 0 Å². The number of morpholine rings is 1. The first-order valence-corrected chi connectivity index (χ1v) is 3.30. The van der Waals surface area contributed by atoms with Crippen LogP contribution in [0.5, 0.6) is 0 Å². The monoisotopic (exact) mass is 165 g/mol. The molecule has 0 aromatic carbocycles. The molecule has 1 aliphatic rings. The van der Waals surface area contributed by atoms with Crippen LogP contribution >= 0.6 is 11.9 Å². The third-order valence-corrected chi connectivity index (χ3v) is 1.47. The molecule has 0 spiro atoms. The number of halogens is 1. The van der Waals surface area contributed by atoms with Crippen molar-refractivity contribution in [2.75, 3.05) is 26.3 Å². The lowest BCUT2D eigenvalue weighted by Crippen LogP contribution is -2.40. The minimum Gasteiger partial charge on any atom is -0.378 e. The Morgan fingerprint density at radius 3 is 2.60 bits per heavy atom. The molecule has 0 aliphatic carbocycles. The number of hydrogen-bond donors (Lipinski definition) is 0. The highest BCUT2D eigenvalue weighted by atomic mass is 35.5. The van der Waals surface area contributed by atoms with Gasteiger partial charge < -0.3 is 13.9 Å². The third kappa shape index (κ3) is 1.75. The van der Waals surface area contributed by atoms with Crippen LogP contribution in [0.25, 0.3) is 0 Å². The Labute approximate surface area is 63.8 Å². The maximum atomic E-state index is 10.7. The van der Waals surface area contributed by atoms with Crippen molar-refractivity contribution in [3.8, 4) is 0 Å². The van der Waals surface area contributed by atoms with Gasteiger partial charge in [-0.25, -0.2) is 4.79 Å². The molecule has 10 heavy (non-hydrogen) atoms. The Bertz CT molecular complexity index is 124. The molecule has 0 radical (unpaired) electrons. The zero-order valence-electron chi connectivity index (χ0n) is 5.38. The van der Waals surface area contributed by atoms with E-state index in [0.29, 0.717) is 26.3 Å². The first kappa shape index (κ1) is 7.63. The number of hydrogen-bond acceptors (Lipinski definition) is 3. The predicted molar refractivity (Wildman–Crippen MR) is 34.7 cm³/mol. The van der Waals surface area contributed by atoms with E-state index in [1.165, 1.54) is 4.90 Å². The molecule has 0 atom stereocenters. The molecule has 5 heteroatoms. The summed E-state index contributed by atoms with van der Waals surface area (Å²) in [6.45, 7) is 2.25. The second-order valence-electron chi connectivity index (χ2n) is 1.94. The van der Waals surface area contributed by atoms with Crippen LogP contribution in [-0.2, 0) is 9.03 Å². The fraction of sp³-hybridized carbons (Fsp3) is 0.800. The summed E-state index contributed by atoms with van der Waals surface area (Å²) in [6, 6.07) is 0. The van der Waals surface area contributed by atoms with Crippen molar-refractivity contribution in [1.82, 2.24) is 4.90 Å². The van der Waals surface area contributed by atoms with Gasteiger partial charge in [0.05, 0.1) is 13.2 Å². The molecule has 1 saturated heterocycles. The van der Waals surface area contributed by atoms with Gasteiger partial charge in [-0.15, -0.1) is 0 Å². The van der Waals surface area contributed by atoms with Crippen LogP contribution in [-0.4, -0.2) is 37.3 Å². The minimum absolute atomic E-state index is 0.495. The lowest BCUT2D eigenvalue weighted by atomic mass is 10.5. The standard InChI is InChI=1S/C5H8ClNO3/c6-10-5(8)7-1-3-9-4-2-7/h1-4H2. The number of nitrogens with zero attached hydrogens (tertiary/aromatic N) is 1. The average molecular weight is 166 g/mol. The van der Waals surface area contributed by atoms with Crippen molar-refractivity contribution in [2.45, 2.75) is 0 Å². The van der Waals surface area contributed by atoms with Crippen LogP contribution in [0.3, 0.4) is 0 Å². The summed E-state index contributed by atoms with van der Waals surface area (Å²) in [7, 11) is 0. The van der Waals surface area contributed by atoms with Gasteiger partial charge in [0.15, 0.2) is 0 Å². The van der Waals surface area contributed by atoms with Gasteiger partial charge in [0.2, 0.25) is 0 Å². The molecule has 0 aromatic rings. The van der Waals surface area contributed by atoms with E-state index in [1.54, 1.807) is 0 Å². The van der Waals surface area contributed by atoms with Gasteiger partial charge in [0.1, 0.15) is 11.9 Å². The van der Waals surface area contributed by atoms with Crippen LogP contribution < -0.4 is 0 Å². The summed E-state index contributed by atoms with van der Waals surface area (Å²) < 4.78 is 9.00. The van der Waals surface area contributed by atoms with E-state index in [-0.39, 0.29) is 0 Å². The zero-order chi connectivity index (χ0) is 7.40. The maximum absolute atomic E-state index is 10.7. The summed E-state index contributed by atoms with van der Waals surface area (Å²) in [5, 5.41) is 0. The van der Waals surface area contributed by atoms with Crippen molar-refractivity contribution in [3.63, 3.8) is 0 Å². The molecule has 1 aliphatic heterocycles. The maximum Gasteiger partial charge on any atom is 0.428 e. The normalized spacial score (nSPS) is 18.7. The first-order valence-electron chi connectivity index (χ1n) is 3.00. The predicted octanol–water partition coefficient (Wildman–Crippen LogP) is 0.609. The lowest BCUT2D eigenvalue weighted by Gasteiger charge is -2.24. The van der Waals surface area contributed by atoms with Crippen LogP contribution in [0.4, 0.5) is 4.79 Å². The quantitative estimate of drug-likeness (QED) is 0.528. The molecule has 0 bridgehead atoms. The van der Waals surface area contributed by atoms with Gasteiger partial charge in [-0.3, -0.25) is 0 Å². The number of carbonyl (C=O) groups excluding carboxylic acids is 1. The van der Waals surface area contributed by atoms with Gasteiger partial charge in [0, 0.05) is 13.1 Å². The number of rotatable bonds is 0. The molecule has 1 rings (SSSR count). The van der Waals surface area contributed by atoms with E-state index in [9.17, 15) is 4.79 Å². The van der Waals surface area contributed by atoms with Crippen molar-refractivity contribution < 1.29 is 13.8 Å². The molecule has 0 N–H and O–H groups in total.